The maximum Gasteiger partial charge on any atom is 0.222 e. The van der Waals surface area contributed by atoms with Crippen molar-refractivity contribution in [3.63, 3.8) is 0 Å². The van der Waals surface area contributed by atoms with E-state index < -0.39 is 0 Å². The molecule has 6 heteroatoms. The summed E-state index contributed by atoms with van der Waals surface area (Å²) < 4.78 is 4.09. The van der Waals surface area contributed by atoms with E-state index in [9.17, 15) is 4.79 Å². The summed E-state index contributed by atoms with van der Waals surface area (Å²) in [5.41, 5.74) is 3.24. The topological polar surface area (TPSA) is 56.0 Å². The third-order valence-electron chi connectivity index (χ3n) is 4.80. The van der Waals surface area contributed by atoms with Crippen LogP contribution in [0, 0.1) is 20.8 Å². The van der Waals surface area contributed by atoms with Crippen LogP contribution in [0.4, 0.5) is 0 Å². The van der Waals surface area contributed by atoms with E-state index in [4.69, 9.17) is 0 Å². The van der Waals surface area contributed by atoms with Gasteiger partial charge in [-0.3, -0.25) is 9.48 Å². The fraction of sp³-hybridized carbons (Fsp3) is 0.611. The second-order valence-electron chi connectivity index (χ2n) is 6.93. The number of imidazole rings is 1. The van der Waals surface area contributed by atoms with Crippen LogP contribution in [0.1, 0.15) is 48.1 Å². The molecule has 24 heavy (non-hydrogen) atoms. The van der Waals surface area contributed by atoms with Gasteiger partial charge < -0.3 is 9.47 Å². The Bertz CT molecular complexity index is 730. The van der Waals surface area contributed by atoms with Gasteiger partial charge in [0.25, 0.3) is 0 Å². The molecule has 3 rings (SSSR count). The first-order valence-electron chi connectivity index (χ1n) is 8.72. The molecule has 1 amide bonds. The van der Waals surface area contributed by atoms with Crippen LogP contribution in [0.25, 0.3) is 0 Å². The molecule has 3 heterocycles. The molecule has 1 saturated heterocycles. The normalized spacial score (nSPS) is 17.7. The molecule has 0 aliphatic carbocycles. The lowest BCUT2D eigenvalue weighted by atomic mass is 10.1. The smallest absolute Gasteiger partial charge is 0.222 e. The minimum atomic E-state index is 0.255. The number of carbonyl (C=O) groups excluding carboxylic acids is 1. The Morgan fingerprint density at radius 3 is 2.71 bits per heavy atom. The monoisotopic (exact) mass is 329 g/mol. The van der Waals surface area contributed by atoms with Gasteiger partial charge >= 0.3 is 0 Å². The van der Waals surface area contributed by atoms with Crippen molar-refractivity contribution in [1.82, 2.24) is 24.2 Å². The van der Waals surface area contributed by atoms with Gasteiger partial charge in [-0.25, -0.2) is 4.98 Å². The molecule has 1 aliphatic rings. The Labute approximate surface area is 143 Å². The van der Waals surface area contributed by atoms with E-state index in [0.29, 0.717) is 12.3 Å². The Kier molecular flexibility index (Phi) is 4.73. The molecule has 0 aromatic carbocycles. The zero-order chi connectivity index (χ0) is 17.3. The zero-order valence-corrected chi connectivity index (χ0v) is 15.1. The highest BCUT2D eigenvalue weighted by atomic mass is 16.2. The van der Waals surface area contributed by atoms with Gasteiger partial charge in [0.05, 0.1) is 11.4 Å². The second kappa shape index (κ2) is 6.79. The van der Waals surface area contributed by atoms with Crippen molar-refractivity contribution in [2.45, 2.75) is 52.5 Å². The van der Waals surface area contributed by atoms with E-state index in [1.54, 1.807) is 0 Å². The molecule has 2 aromatic heterocycles. The van der Waals surface area contributed by atoms with Crippen molar-refractivity contribution in [1.29, 1.82) is 0 Å². The number of hydrogen-bond acceptors (Lipinski definition) is 3. The van der Waals surface area contributed by atoms with Crippen LogP contribution < -0.4 is 0 Å². The highest BCUT2D eigenvalue weighted by molar-refractivity contribution is 5.76. The molecule has 1 atom stereocenters. The molecule has 0 saturated carbocycles. The van der Waals surface area contributed by atoms with E-state index in [-0.39, 0.29) is 5.91 Å². The lowest BCUT2D eigenvalue weighted by Gasteiger charge is -2.16. The summed E-state index contributed by atoms with van der Waals surface area (Å²) in [6.07, 6.45) is 4.48. The molecule has 0 spiro atoms. The summed E-state index contributed by atoms with van der Waals surface area (Å²) in [6, 6.07) is 2.07. The van der Waals surface area contributed by atoms with E-state index in [2.05, 4.69) is 27.6 Å². The number of likely N-dealkylation sites (tertiary alicyclic amines) is 1. The van der Waals surface area contributed by atoms with Gasteiger partial charge in [0, 0.05) is 50.9 Å². The standard InChI is InChI=1S/C18H27N5O/c1-13-10-15(3)23(20-13)8-5-6-17(24)22-9-7-16(12-22)18-19-14(2)11-21(18)4/h10-11,16H,5-9,12H2,1-4H3/t16-/m0/s1. The fourth-order valence-corrected chi connectivity index (χ4v) is 3.65. The van der Waals surface area contributed by atoms with Gasteiger partial charge in [-0.15, -0.1) is 0 Å². The average Bonchev–Trinajstić information content (AvgIpc) is 3.19. The third kappa shape index (κ3) is 3.52. The minimum absolute atomic E-state index is 0.255. The summed E-state index contributed by atoms with van der Waals surface area (Å²) in [6.45, 7) is 8.51. The van der Waals surface area contributed by atoms with Crippen LogP contribution in [0.3, 0.4) is 0 Å². The Morgan fingerprint density at radius 2 is 2.08 bits per heavy atom. The van der Waals surface area contributed by atoms with Crippen molar-refractivity contribution in [2.75, 3.05) is 13.1 Å². The highest BCUT2D eigenvalue weighted by Gasteiger charge is 2.29. The Morgan fingerprint density at radius 1 is 1.29 bits per heavy atom. The maximum atomic E-state index is 12.5. The van der Waals surface area contributed by atoms with Crippen molar-refractivity contribution in [3.05, 3.63) is 35.2 Å². The summed E-state index contributed by atoms with van der Waals surface area (Å²) in [4.78, 5) is 19.1. The van der Waals surface area contributed by atoms with Gasteiger partial charge in [-0.1, -0.05) is 0 Å². The Hall–Kier alpha value is -2.11. The minimum Gasteiger partial charge on any atom is -0.342 e. The van der Waals surface area contributed by atoms with Gasteiger partial charge in [0.1, 0.15) is 5.82 Å². The van der Waals surface area contributed by atoms with Crippen LogP contribution >= 0.6 is 0 Å². The largest absolute Gasteiger partial charge is 0.342 e. The van der Waals surface area contributed by atoms with Crippen molar-refractivity contribution in [2.24, 2.45) is 7.05 Å². The fourth-order valence-electron chi connectivity index (χ4n) is 3.65. The van der Waals surface area contributed by atoms with Crippen molar-refractivity contribution in [3.8, 4) is 0 Å². The van der Waals surface area contributed by atoms with Crippen LogP contribution in [-0.4, -0.2) is 43.2 Å². The third-order valence-corrected chi connectivity index (χ3v) is 4.80. The molecule has 0 N–H and O–H groups in total. The lowest BCUT2D eigenvalue weighted by Crippen LogP contribution is -2.28. The van der Waals surface area contributed by atoms with E-state index in [0.717, 1.165) is 55.4 Å². The van der Waals surface area contributed by atoms with Crippen molar-refractivity contribution >= 4 is 5.91 Å². The molecule has 130 valence electrons. The number of carbonyl (C=O) groups is 1. The SMILES string of the molecule is Cc1cn(C)c([C@H]2CCN(C(=O)CCCn3nc(C)cc3C)C2)n1. The summed E-state index contributed by atoms with van der Waals surface area (Å²) in [5, 5.41) is 4.45. The van der Waals surface area contributed by atoms with Crippen LogP contribution in [0.2, 0.25) is 0 Å². The summed E-state index contributed by atoms with van der Waals surface area (Å²) in [7, 11) is 2.04. The van der Waals surface area contributed by atoms with E-state index in [1.165, 1.54) is 0 Å². The van der Waals surface area contributed by atoms with Crippen LogP contribution in [0.15, 0.2) is 12.3 Å². The number of hydrogen-bond donors (Lipinski definition) is 0. The van der Waals surface area contributed by atoms with Crippen LogP contribution in [-0.2, 0) is 18.4 Å². The molecule has 2 aromatic rings. The second-order valence-corrected chi connectivity index (χ2v) is 6.93. The summed E-state index contributed by atoms with van der Waals surface area (Å²) in [5.74, 6) is 1.72. The first-order chi connectivity index (χ1) is 11.4. The number of aromatic nitrogens is 4. The zero-order valence-electron chi connectivity index (χ0n) is 15.1. The van der Waals surface area contributed by atoms with Crippen LogP contribution in [0.5, 0.6) is 0 Å². The van der Waals surface area contributed by atoms with Crippen molar-refractivity contribution < 1.29 is 4.79 Å². The Balaban J connectivity index is 1.50. The van der Waals surface area contributed by atoms with Gasteiger partial charge in [0.15, 0.2) is 0 Å². The molecular weight excluding hydrogens is 302 g/mol. The number of rotatable bonds is 5. The first-order valence-corrected chi connectivity index (χ1v) is 8.72. The molecule has 0 unspecified atom stereocenters. The maximum absolute atomic E-state index is 12.5. The predicted octanol–water partition coefficient (Wildman–Crippen LogP) is 2.34. The van der Waals surface area contributed by atoms with Gasteiger partial charge in [-0.2, -0.15) is 5.10 Å². The number of aryl methyl sites for hydroxylation is 5. The first kappa shape index (κ1) is 16.7. The number of nitrogens with zero attached hydrogens (tertiary/aromatic N) is 5. The van der Waals surface area contributed by atoms with Gasteiger partial charge in [0.2, 0.25) is 5.91 Å². The molecular formula is C18H27N5O. The highest BCUT2D eigenvalue weighted by Crippen LogP contribution is 2.26. The molecule has 0 radical (unpaired) electrons. The molecule has 0 bridgehead atoms. The lowest BCUT2D eigenvalue weighted by molar-refractivity contribution is -0.130. The molecule has 1 fully saturated rings. The predicted molar refractivity (Wildman–Crippen MR) is 92.8 cm³/mol. The van der Waals surface area contributed by atoms with Gasteiger partial charge in [-0.05, 0) is 39.7 Å². The molecule has 1 aliphatic heterocycles. The summed E-state index contributed by atoms with van der Waals surface area (Å²) >= 11 is 0. The average molecular weight is 329 g/mol. The van der Waals surface area contributed by atoms with E-state index >= 15 is 0 Å². The quantitative estimate of drug-likeness (QED) is 0.846. The number of amides is 1. The molecule has 6 nitrogen and oxygen atoms in total. The van der Waals surface area contributed by atoms with E-state index in [1.807, 2.05) is 36.7 Å².